The Balaban J connectivity index is 3.08. The van der Waals surface area contributed by atoms with Gasteiger partial charge < -0.3 is 9.84 Å². The second kappa shape index (κ2) is 4.65. The highest BCUT2D eigenvalue weighted by atomic mass is 16.7. The van der Waals surface area contributed by atoms with E-state index in [-0.39, 0.29) is 0 Å². The van der Waals surface area contributed by atoms with Crippen molar-refractivity contribution in [2.24, 2.45) is 0 Å². The lowest BCUT2D eigenvalue weighted by atomic mass is 10.0. The standard InChI is InChI=1S/C11H14O3/c1-3-8-6-5-7-10(9(8)4-2)14-11(12)13/h5-7H,3-4H2,1-2H3,(H,12,13). The minimum atomic E-state index is -1.26. The van der Waals surface area contributed by atoms with Crippen LogP contribution in [-0.2, 0) is 12.8 Å². The third-order valence-corrected chi connectivity index (χ3v) is 2.16. The third kappa shape index (κ3) is 2.25. The van der Waals surface area contributed by atoms with E-state index in [1.54, 1.807) is 6.07 Å². The van der Waals surface area contributed by atoms with Gasteiger partial charge in [-0.05, 0) is 30.0 Å². The molecule has 1 N–H and O–H groups in total. The van der Waals surface area contributed by atoms with Crippen LogP contribution in [-0.4, -0.2) is 11.3 Å². The van der Waals surface area contributed by atoms with Gasteiger partial charge in [-0.3, -0.25) is 0 Å². The number of carbonyl (C=O) groups is 1. The Morgan fingerprint density at radius 2 is 2.07 bits per heavy atom. The maximum atomic E-state index is 10.4. The SMILES string of the molecule is CCc1cccc(OC(=O)O)c1CC. The molecule has 0 amide bonds. The Hall–Kier alpha value is -1.51. The second-order valence-corrected chi connectivity index (χ2v) is 2.97. The number of ether oxygens (including phenoxy) is 1. The predicted octanol–water partition coefficient (Wildman–Crippen LogP) is 2.87. The lowest BCUT2D eigenvalue weighted by Gasteiger charge is -2.10. The molecule has 0 saturated heterocycles. The summed E-state index contributed by atoms with van der Waals surface area (Å²) in [6.45, 7) is 4.03. The molecule has 0 radical (unpaired) electrons. The van der Waals surface area contributed by atoms with Gasteiger partial charge in [-0.25, -0.2) is 4.79 Å². The number of carboxylic acid groups (broad SMARTS) is 1. The second-order valence-electron chi connectivity index (χ2n) is 2.97. The van der Waals surface area contributed by atoms with Gasteiger partial charge >= 0.3 is 6.16 Å². The first-order chi connectivity index (χ1) is 6.69. The first-order valence-electron chi connectivity index (χ1n) is 4.70. The highest BCUT2D eigenvalue weighted by Crippen LogP contribution is 2.23. The number of rotatable bonds is 3. The molecule has 0 unspecified atom stereocenters. The monoisotopic (exact) mass is 194 g/mol. The number of benzene rings is 1. The summed E-state index contributed by atoms with van der Waals surface area (Å²) >= 11 is 0. The van der Waals surface area contributed by atoms with E-state index >= 15 is 0 Å². The molecule has 1 aromatic carbocycles. The average molecular weight is 194 g/mol. The molecule has 76 valence electrons. The smallest absolute Gasteiger partial charge is 0.449 e. The molecule has 0 spiro atoms. The van der Waals surface area contributed by atoms with E-state index in [1.165, 1.54) is 0 Å². The fraction of sp³-hybridized carbons (Fsp3) is 0.364. The van der Waals surface area contributed by atoms with E-state index in [9.17, 15) is 4.79 Å². The van der Waals surface area contributed by atoms with Gasteiger partial charge in [0.2, 0.25) is 0 Å². The van der Waals surface area contributed by atoms with Gasteiger partial charge in [-0.15, -0.1) is 0 Å². The van der Waals surface area contributed by atoms with E-state index in [0.717, 1.165) is 24.0 Å². The summed E-state index contributed by atoms with van der Waals surface area (Å²) in [7, 11) is 0. The molecule has 0 bridgehead atoms. The van der Waals surface area contributed by atoms with E-state index in [2.05, 4.69) is 0 Å². The molecule has 0 atom stereocenters. The molecule has 0 heterocycles. The highest BCUT2D eigenvalue weighted by molar-refractivity contribution is 5.62. The molecule has 0 aliphatic heterocycles. The van der Waals surface area contributed by atoms with Crippen LogP contribution in [0.5, 0.6) is 5.75 Å². The van der Waals surface area contributed by atoms with Crippen molar-refractivity contribution in [2.75, 3.05) is 0 Å². The van der Waals surface area contributed by atoms with Crippen molar-refractivity contribution in [3.05, 3.63) is 29.3 Å². The molecular formula is C11H14O3. The summed E-state index contributed by atoms with van der Waals surface area (Å²) in [4.78, 5) is 10.4. The normalized spacial score (nSPS) is 9.86. The molecule has 0 aromatic heterocycles. The fourth-order valence-electron chi connectivity index (χ4n) is 1.53. The molecule has 0 saturated carbocycles. The van der Waals surface area contributed by atoms with Gasteiger partial charge in [0.1, 0.15) is 5.75 Å². The summed E-state index contributed by atoms with van der Waals surface area (Å²) in [5.41, 5.74) is 2.13. The maximum Gasteiger partial charge on any atom is 0.511 e. The Labute approximate surface area is 83.3 Å². The van der Waals surface area contributed by atoms with E-state index in [4.69, 9.17) is 9.84 Å². The number of aryl methyl sites for hydroxylation is 1. The Kier molecular flexibility index (Phi) is 3.51. The van der Waals surface area contributed by atoms with Crippen LogP contribution in [0, 0.1) is 0 Å². The van der Waals surface area contributed by atoms with Gasteiger partial charge in [0, 0.05) is 0 Å². The van der Waals surface area contributed by atoms with Gasteiger partial charge in [0.25, 0.3) is 0 Å². The van der Waals surface area contributed by atoms with Crippen LogP contribution >= 0.6 is 0 Å². The Bertz CT molecular complexity index is 331. The van der Waals surface area contributed by atoms with Gasteiger partial charge in [0.05, 0.1) is 0 Å². The number of hydrogen-bond acceptors (Lipinski definition) is 2. The van der Waals surface area contributed by atoms with E-state index in [1.807, 2.05) is 26.0 Å². The average Bonchev–Trinajstić information content (AvgIpc) is 2.16. The fourth-order valence-corrected chi connectivity index (χ4v) is 1.53. The molecular weight excluding hydrogens is 180 g/mol. The molecule has 3 heteroatoms. The third-order valence-electron chi connectivity index (χ3n) is 2.16. The van der Waals surface area contributed by atoms with Crippen molar-refractivity contribution >= 4 is 6.16 Å². The van der Waals surface area contributed by atoms with Crippen LogP contribution in [0.4, 0.5) is 4.79 Å². The summed E-state index contributed by atoms with van der Waals surface area (Å²) in [5, 5.41) is 8.53. The number of hydrogen-bond donors (Lipinski definition) is 1. The van der Waals surface area contributed by atoms with Crippen LogP contribution in [0.2, 0.25) is 0 Å². The summed E-state index contributed by atoms with van der Waals surface area (Å²) in [5.74, 6) is 0.458. The molecule has 0 aliphatic carbocycles. The largest absolute Gasteiger partial charge is 0.511 e. The lowest BCUT2D eigenvalue weighted by molar-refractivity contribution is 0.144. The van der Waals surface area contributed by atoms with Crippen molar-refractivity contribution in [3.8, 4) is 5.75 Å². The molecule has 1 rings (SSSR count). The summed E-state index contributed by atoms with van der Waals surface area (Å²) in [6.07, 6.45) is 0.417. The topological polar surface area (TPSA) is 46.5 Å². The first kappa shape index (κ1) is 10.6. The first-order valence-corrected chi connectivity index (χ1v) is 4.70. The molecule has 0 aliphatic rings. The molecule has 1 aromatic rings. The highest BCUT2D eigenvalue weighted by Gasteiger charge is 2.09. The van der Waals surface area contributed by atoms with Crippen LogP contribution in [0.1, 0.15) is 25.0 Å². The Morgan fingerprint density at radius 3 is 2.57 bits per heavy atom. The minimum absolute atomic E-state index is 0.458. The van der Waals surface area contributed by atoms with Crippen LogP contribution in [0.3, 0.4) is 0 Å². The lowest BCUT2D eigenvalue weighted by Crippen LogP contribution is -2.06. The zero-order valence-electron chi connectivity index (χ0n) is 8.41. The summed E-state index contributed by atoms with van der Waals surface area (Å²) < 4.78 is 4.70. The quantitative estimate of drug-likeness (QED) is 0.594. The summed E-state index contributed by atoms with van der Waals surface area (Å²) in [6, 6.07) is 5.50. The van der Waals surface area contributed by atoms with Crippen molar-refractivity contribution in [1.82, 2.24) is 0 Å². The molecule has 3 nitrogen and oxygen atoms in total. The van der Waals surface area contributed by atoms with Crippen LogP contribution in [0.25, 0.3) is 0 Å². The maximum absolute atomic E-state index is 10.4. The van der Waals surface area contributed by atoms with Crippen molar-refractivity contribution in [2.45, 2.75) is 26.7 Å². The zero-order valence-corrected chi connectivity index (χ0v) is 8.41. The predicted molar refractivity (Wildman–Crippen MR) is 53.9 cm³/mol. The molecule has 14 heavy (non-hydrogen) atoms. The van der Waals surface area contributed by atoms with Crippen molar-refractivity contribution < 1.29 is 14.6 Å². The van der Waals surface area contributed by atoms with Crippen molar-refractivity contribution in [1.29, 1.82) is 0 Å². The molecule has 0 fully saturated rings. The van der Waals surface area contributed by atoms with Crippen LogP contribution < -0.4 is 4.74 Å². The zero-order chi connectivity index (χ0) is 10.6. The van der Waals surface area contributed by atoms with Crippen molar-refractivity contribution in [3.63, 3.8) is 0 Å². The van der Waals surface area contributed by atoms with Gasteiger partial charge in [-0.1, -0.05) is 26.0 Å². The van der Waals surface area contributed by atoms with E-state index < -0.39 is 6.16 Å². The van der Waals surface area contributed by atoms with Crippen LogP contribution in [0.15, 0.2) is 18.2 Å². The minimum Gasteiger partial charge on any atom is -0.449 e. The van der Waals surface area contributed by atoms with Gasteiger partial charge in [0.15, 0.2) is 0 Å². The van der Waals surface area contributed by atoms with Gasteiger partial charge in [-0.2, -0.15) is 0 Å². The Morgan fingerprint density at radius 1 is 1.36 bits per heavy atom. The van der Waals surface area contributed by atoms with E-state index in [0.29, 0.717) is 5.75 Å².